The fraction of sp³-hybridized carbons (Fsp3) is 0.423. The number of ether oxygens (including phenoxy) is 2. The molecule has 1 unspecified atom stereocenters. The third kappa shape index (κ3) is 5.22. The molecule has 0 radical (unpaired) electrons. The number of aliphatic hydroxyl groups is 1. The van der Waals surface area contributed by atoms with Crippen molar-refractivity contribution in [3.63, 3.8) is 0 Å². The predicted molar refractivity (Wildman–Crippen MR) is 130 cm³/mol. The van der Waals surface area contributed by atoms with E-state index < -0.39 is 17.7 Å². The highest BCUT2D eigenvalue weighted by atomic mass is 16.5. The van der Waals surface area contributed by atoms with E-state index in [1.165, 1.54) is 4.90 Å². The highest BCUT2D eigenvalue weighted by Crippen LogP contribution is 2.41. The molecule has 0 saturated carbocycles. The smallest absolute Gasteiger partial charge is 0.295 e. The molecule has 1 aromatic carbocycles. The summed E-state index contributed by atoms with van der Waals surface area (Å²) in [4.78, 5) is 34.1. The summed E-state index contributed by atoms with van der Waals surface area (Å²) in [5.74, 6) is -0.631. The van der Waals surface area contributed by atoms with Crippen LogP contribution in [0.15, 0.2) is 48.3 Å². The number of pyridine rings is 1. The molecule has 1 fully saturated rings. The van der Waals surface area contributed by atoms with Crippen LogP contribution in [0.2, 0.25) is 0 Å². The Morgan fingerprint density at radius 3 is 2.32 bits per heavy atom. The predicted octanol–water partition coefficient (Wildman–Crippen LogP) is 3.64. The van der Waals surface area contributed by atoms with Crippen molar-refractivity contribution < 1.29 is 24.2 Å². The van der Waals surface area contributed by atoms with Gasteiger partial charge in [-0.25, -0.2) is 0 Å². The maximum Gasteiger partial charge on any atom is 0.295 e. The largest absolute Gasteiger partial charge is 0.507 e. The normalized spacial score (nSPS) is 17.4. The van der Waals surface area contributed by atoms with E-state index in [9.17, 15) is 14.7 Å². The van der Waals surface area contributed by atoms with E-state index in [1.807, 2.05) is 13.8 Å². The number of aliphatic hydroxyl groups excluding tert-OH is 1. The number of amides is 1. The Morgan fingerprint density at radius 2 is 1.71 bits per heavy atom. The van der Waals surface area contributed by atoms with Gasteiger partial charge in [-0.3, -0.25) is 14.6 Å². The molecule has 1 saturated heterocycles. The minimum absolute atomic E-state index is 0.0425. The van der Waals surface area contributed by atoms with Crippen LogP contribution in [-0.2, 0) is 9.59 Å². The van der Waals surface area contributed by atoms with E-state index in [0.717, 1.165) is 13.1 Å². The number of carbonyl (C=O) groups excluding carboxylic acids is 2. The first-order valence-corrected chi connectivity index (χ1v) is 11.8. The topological polar surface area (TPSA) is 92.2 Å². The van der Waals surface area contributed by atoms with E-state index in [2.05, 4.69) is 23.7 Å². The molecule has 34 heavy (non-hydrogen) atoms. The van der Waals surface area contributed by atoms with Gasteiger partial charge in [0.1, 0.15) is 17.3 Å². The van der Waals surface area contributed by atoms with Crippen LogP contribution in [0.4, 0.5) is 0 Å². The average molecular weight is 468 g/mol. The van der Waals surface area contributed by atoms with Gasteiger partial charge >= 0.3 is 0 Å². The first kappa shape index (κ1) is 25.2. The fourth-order valence-electron chi connectivity index (χ4n) is 4.17. The fourth-order valence-corrected chi connectivity index (χ4v) is 4.17. The molecule has 1 aromatic heterocycles. The second kappa shape index (κ2) is 11.7. The third-order valence-electron chi connectivity index (χ3n) is 5.93. The van der Waals surface area contributed by atoms with Crippen LogP contribution in [0.25, 0.3) is 5.76 Å². The summed E-state index contributed by atoms with van der Waals surface area (Å²) in [5.41, 5.74) is 1.09. The SMILES string of the molecule is CCOc1ccc(/C(O)=C2/C(=O)C(=O)N(CCN(CC)CC)C2c2ccncc2)c(OCC)c1. The molecule has 8 heteroatoms. The maximum absolute atomic E-state index is 13.2. The molecule has 1 aliphatic rings. The van der Waals surface area contributed by atoms with Gasteiger partial charge in [-0.15, -0.1) is 0 Å². The van der Waals surface area contributed by atoms with E-state index >= 15 is 0 Å². The highest BCUT2D eigenvalue weighted by molar-refractivity contribution is 6.46. The molecule has 3 rings (SSSR count). The van der Waals surface area contributed by atoms with Gasteiger partial charge in [-0.2, -0.15) is 0 Å². The Balaban J connectivity index is 2.12. The lowest BCUT2D eigenvalue weighted by atomic mass is 9.95. The summed E-state index contributed by atoms with van der Waals surface area (Å²) in [5, 5.41) is 11.4. The molecule has 0 bridgehead atoms. The molecule has 1 N–H and O–H groups in total. The molecule has 1 amide bonds. The molecule has 182 valence electrons. The Morgan fingerprint density at radius 1 is 1.03 bits per heavy atom. The Hall–Kier alpha value is -3.39. The molecule has 0 spiro atoms. The van der Waals surface area contributed by atoms with Crippen molar-refractivity contribution >= 4 is 17.4 Å². The summed E-state index contributed by atoms with van der Waals surface area (Å²) < 4.78 is 11.3. The van der Waals surface area contributed by atoms with Gasteiger partial charge < -0.3 is 24.4 Å². The first-order chi connectivity index (χ1) is 16.5. The number of nitrogens with zero attached hydrogens (tertiary/aromatic N) is 3. The van der Waals surface area contributed by atoms with Crippen LogP contribution in [0.1, 0.15) is 44.9 Å². The zero-order valence-electron chi connectivity index (χ0n) is 20.3. The number of benzene rings is 1. The molecule has 8 nitrogen and oxygen atoms in total. The van der Waals surface area contributed by atoms with Gasteiger partial charge in [0.05, 0.1) is 30.4 Å². The Bertz CT molecular complexity index is 1030. The lowest BCUT2D eigenvalue weighted by molar-refractivity contribution is -0.140. The van der Waals surface area contributed by atoms with Gasteiger partial charge in [-0.05, 0) is 56.8 Å². The van der Waals surface area contributed by atoms with Crippen LogP contribution < -0.4 is 9.47 Å². The second-order valence-electron chi connectivity index (χ2n) is 7.82. The van der Waals surface area contributed by atoms with Crippen molar-refractivity contribution in [2.45, 2.75) is 33.7 Å². The van der Waals surface area contributed by atoms with Gasteiger partial charge in [0.2, 0.25) is 0 Å². The van der Waals surface area contributed by atoms with Crippen LogP contribution in [0.5, 0.6) is 11.5 Å². The van der Waals surface area contributed by atoms with E-state index in [4.69, 9.17) is 9.47 Å². The highest BCUT2D eigenvalue weighted by Gasteiger charge is 2.46. The summed E-state index contributed by atoms with van der Waals surface area (Å²) in [6.45, 7) is 11.3. The summed E-state index contributed by atoms with van der Waals surface area (Å²) in [6, 6.07) is 7.84. The van der Waals surface area contributed by atoms with Crippen molar-refractivity contribution in [3.8, 4) is 11.5 Å². The number of Topliss-reactive ketones (excluding diaryl/α,β-unsaturated/α-hetero) is 1. The van der Waals surface area contributed by atoms with E-state index in [0.29, 0.717) is 48.9 Å². The van der Waals surface area contributed by atoms with Crippen molar-refractivity contribution in [1.82, 2.24) is 14.8 Å². The van der Waals surface area contributed by atoms with E-state index in [1.54, 1.807) is 42.7 Å². The molecular weight excluding hydrogens is 434 g/mol. The standard InChI is InChI=1S/C26H33N3O5/c1-5-28(6-2)15-16-29-23(18-11-13-27-14-12-18)22(25(31)26(29)32)24(30)20-10-9-19(33-7-3)17-21(20)34-8-4/h9-14,17,23,30H,5-8,15-16H2,1-4H3/b24-22-. The summed E-state index contributed by atoms with van der Waals surface area (Å²) in [6.07, 6.45) is 3.23. The van der Waals surface area contributed by atoms with Crippen LogP contribution in [0.3, 0.4) is 0 Å². The number of rotatable bonds is 11. The number of carbonyl (C=O) groups is 2. The lowest BCUT2D eigenvalue weighted by Gasteiger charge is -2.28. The van der Waals surface area contributed by atoms with Gasteiger partial charge in [0, 0.05) is 31.5 Å². The lowest BCUT2D eigenvalue weighted by Crippen LogP contribution is -2.38. The van der Waals surface area contributed by atoms with Crippen LogP contribution in [0, 0.1) is 0 Å². The molecule has 2 heterocycles. The zero-order valence-corrected chi connectivity index (χ0v) is 20.3. The molecule has 0 aliphatic carbocycles. The van der Waals surface area contributed by atoms with Crippen molar-refractivity contribution in [3.05, 3.63) is 59.4 Å². The quantitative estimate of drug-likeness (QED) is 0.306. The summed E-state index contributed by atoms with van der Waals surface area (Å²) >= 11 is 0. The number of ketones is 1. The average Bonchev–Trinajstić information content (AvgIpc) is 3.10. The maximum atomic E-state index is 13.2. The van der Waals surface area contributed by atoms with Crippen LogP contribution in [-0.4, -0.2) is 71.0 Å². The minimum atomic E-state index is -0.723. The first-order valence-electron chi connectivity index (χ1n) is 11.8. The third-order valence-corrected chi connectivity index (χ3v) is 5.93. The molecular formula is C26H33N3O5. The van der Waals surface area contributed by atoms with Gasteiger partial charge in [0.25, 0.3) is 11.7 Å². The monoisotopic (exact) mass is 467 g/mol. The second-order valence-corrected chi connectivity index (χ2v) is 7.82. The van der Waals surface area contributed by atoms with Gasteiger partial charge in [0.15, 0.2) is 0 Å². The molecule has 1 atom stereocenters. The molecule has 2 aromatic rings. The van der Waals surface area contributed by atoms with Crippen molar-refractivity contribution in [2.75, 3.05) is 39.4 Å². The number of likely N-dealkylation sites (N-methyl/N-ethyl adjacent to an activating group) is 1. The number of aromatic nitrogens is 1. The minimum Gasteiger partial charge on any atom is -0.507 e. The van der Waals surface area contributed by atoms with Crippen molar-refractivity contribution in [1.29, 1.82) is 0 Å². The zero-order chi connectivity index (χ0) is 24.7. The van der Waals surface area contributed by atoms with Gasteiger partial charge in [-0.1, -0.05) is 13.8 Å². The Labute approximate surface area is 200 Å². The van der Waals surface area contributed by atoms with E-state index in [-0.39, 0.29) is 11.3 Å². The number of likely N-dealkylation sites (tertiary alicyclic amines) is 1. The van der Waals surface area contributed by atoms with Crippen LogP contribution >= 0.6 is 0 Å². The summed E-state index contributed by atoms with van der Waals surface area (Å²) in [7, 11) is 0. The molecule has 1 aliphatic heterocycles. The Kier molecular flexibility index (Phi) is 8.65. The van der Waals surface area contributed by atoms with Crippen molar-refractivity contribution in [2.24, 2.45) is 0 Å². The number of hydrogen-bond donors (Lipinski definition) is 1. The number of hydrogen-bond acceptors (Lipinski definition) is 7.